The van der Waals surface area contributed by atoms with Crippen LogP contribution in [-0.4, -0.2) is 11.2 Å². The van der Waals surface area contributed by atoms with Gasteiger partial charge in [-0.3, -0.25) is 0 Å². The zero-order valence-electron chi connectivity index (χ0n) is 5.88. The molecular formula is C8H14O. The highest BCUT2D eigenvalue weighted by atomic mass is 16.3. The van der Waals surface area contributed by atoms with E-state index >= 15 is 0 Å². The maximum Gasteiger partial charge on any atom is 0.0599 e. The maximum atomic E-state index is 9.39. The number of aliphatic hydroxyl groups excluding tert-OH is 1. The lowest BCUT2D eigenvalue weighted by molar-refractivity contribution is -0.0751. The van der Waals surface area contributed by atoms with Crippen molar-refractivity contribution in [3.63, 3.8) is 0 Å². The molecule has 0 aromatic rings. The van der Waals surface area contributed by atoms with Crippen molar-refractivity contribution < 1.29 is 5.11 Å². The van der Waals surface area contributed by atoms with E-state index < -0.39 is 0 Å². The lowest BCUT2D eigenvalue weighted by Gasteiger charge is -2.43. The molecule has 52 valence electrons. The summed E-state index contributed by atoms with van der Waals surface area (Å²) in [5.41, 5.74) is 0. The van der Waals surface area contributed by atoms with E-state index in [1.165, 1.54) is 19.3 Å². The molecule has 1 nitrogen and oxygen atoms in total. The van der Waals surface area contributed by atoms with Gasteiger partial charge in [-0.15, -0.1) is 0 Å². The van der Waals surface area contributed by atoms with E-state index in [0.29, 0.717) is 11.8 Å². The van der Waals surface area contributed by atoms with Crippen LogP contribution >= 0.6 is 0 Å². The zero-order valence-corrected chi connectivity index (χ0v) is 5.88. The van der Waals surface area contributed by atoms with Crippen molar-refractivity contribution in [1.82, 2.24) is 0 Å². The van der Waals surface area contributed by atoms with Gasteiger partial charge in [0.05, 0.1) is 6.10 Å². The molecule has 4 unspecified atom stereocenters. The molecule has 2 rings (SSSR count). The van der Waals surface area contributed by atoms with Crippen LogP contribution in [-0.2, 0) is 0 Å². The van der Waals surface area contributed by atoms with Gasteiger partial charge in [-0.2, -0.15) is 0 Å². The predicted molar refractivity (Wildman–Crippen MR) is 36.0 cm³/mol. The van der Waals surface area contributed by atoms with Crippen molar-refractivity contribution in [3.05, 3.63) is 0 Å². The Balaban J connectivity index is 2.06. The molecule has 1 N–H and O–H groups in total. The standard InChI is InChI=1S/C8H14O/c1-5-6-3-2-4-7(6)8(5)9/h5-9H,2-4H2,1H3. The Morgan fingerprint density at radius 2 is 1.89 bits per heavy atom. The van der Waals surface area contributed by atoms with Crippen LogP contribution in [0.4, 0.5) is 0 Å². The fourth-order valence-electron chi connectivity index (χ4n) is 2.59. The average Bonchev–Trinajstić information content (AvgIpc) is 2.30. The van der Waals surface area contributed by atoms with Gasteiger partial charge in [-0.1, -0.05) is 13.3 Å². The molecule has 1 heteroatoms. The molecule has 0 amide bonds. The smallest absolute Gasteiger partial charge is 0.0599 e. The summed E-state index contributed by atoms with van der Waals surface area (Å²) in [7, 11) is 0. The molecule has 0 radical (unpaired) electrons. The first-order valence-electron chi connectivity index (χ1n) is 3.99. The topological polar surface area (TPSA) is 20.2 Å². The van der Waals surface area contributed by atoms with E-state index in [9.17, 15) is 5.11 Å². The Labute approximate surface area is 56.1 Å². The van der Waals surface area contributed by atoms with Gasteiger partial charge >= 0.3 is 0 Å². The van der Waals surface area contributed by atoms with Crippen molar-refractivity contribution in [1.29, 1.82) is 0 Å². The van der Waals surface area contributed by atoms with E-state index in [0.717, 1.165) is 5.92 Å². The predicted octanol–water partition coefficient (Wildman–Crippen LogP) is 1.41. The van der Waals surface area contributed by atoms with Crippen LogP contribution in [0.3, 0.4) is 0 Å². The summed E-state index contributed by atoms with van der Waals surface area (Å²) in [6.07, 6.45) is 4.08. The van der Waals surface area contributed by atoms with Gasteiger partial charge in [0.25, 0.3) is 0 Å². The Morgan fingerprint density at radius 3 is 2.56 bits per heavy atom. The van der Waals surface area contributed by atoms with Crippen molar-refractivity contribution in [2.75, 3.05) is 0 Å². The van der Waals surface area contributed by atoms with Crippen LogP contribution < -0.4 is 0 Å². The lowest BCUT2D eigenvalue weighted by atomic mass is 9.65. The highest BCUT2D eigenvalue weighted by molar-refractivity contribution is 4.98. The molecular weight excluding hydrogens is 112 g/mol. The number of aliphatic hydroxyl groups is 1. The normalized spacial score (nSPS) is 56.7. The molecule has 0 aromatic heterocycles. The first kappa shape index (κ1) is 5.72. The Morgan fingerprint density at radius 1 is 1.22 bits per heavy atom. The molecule has 2 aliphatic carbocycles. The van der Waals surface area contributed by atoms with Gasteiger partial charge in [-0.05, 0) is 30.6 Å². The molecule has 9 heavy (non-hydrogen) atoms. The quantitative estimate of drug-likeness (QED) is 0.520. The van der Waals surface area contributed by atoms with Crippen LogP contribution in [0.5, 0.6) is 0 Å². The minimum Gasteiger partial charge on any atom is -0.393 e. The molecule has 0 saturated heterocycles. The van der Waals surface area contributed by atoms with Crippen LogP contribution in [0.2, 0.25) is 0 Å². The third-order valence-corrected chi connectivity index (χ3v) is 3.28. The summed E-state index contributed by atoms with van der Waals surface area (Å²) in [5, 5.41) is 9.39. The van der Waals surface area contributed by atoms with Gasteiger partial charge in [0.15, 0.2) is 0 Å². The largest absolute Gasteiger partial charge is 0.393 e. The summed E-state index contributed by atoms with van der Waals surface area (Å²) < 4.78 is 0. The number of rotatable bonds is 0. The van der Waals surface area contributed by atoms with Crippen LogP contribution in [0.1, 0.15) is 26.2 Å². The van der Waals surface area contributed by atoms with Crippen molar-refractivity contribution in [2.45, 2.75) is 32.3 Å². The molecule has 2 aliphatic rings. The number of hydrogen-bond acceptors (Lipinski definition) is 1. The Kier molecular flexibility index (Phi) is 1.10. The number of fused-ring (bicyclic) bond motifs is 1. The molecule has 4 atom stereocenters. The van der Waals surface area contributed by atoms with Crippen molar-refractivity contribution in [2.24, 2.45) is 17.8 Å². The van der Waals surface area contributed by atoms with E-state index in [1.54, 1.807) is 0 Å². The second-order valence-electron chi connectivity index (χ2n) is 3.61. The Hall–Kier alpha value is -0.0400. The van der Waals surface area contributed by atoms with Gasteiger partial charge < -0.3 is 5.11 Å². The van der Waals surface area contributed by atoms with Gasteiger partial charge in [0.2, 0.25) is 0 Å². The van der Waals surface area contributed by atoms with Crippen LogP contribution in [0.15, 0.2) is 0 Å². The second-order valence-corrected chi connectivity index (χ2v) is 3.61. The third kappa shape index (κ3) is 0.586. The van der Waals surface area contributed by atoms with Crippen molar-refractivity contribution >= 4 is 0 Å². The molecule has 2 fully saturated rings. The molecule has 0 bridgehead atoms. The van der Waals surface area contributed by atoms with E-state index in [2.05, 4.69) is 6.92 Å². The van der Waals surface area contributed by atoms with E-state index in [-0.39, 0.29) is 6.10 Å². The number of hydrogen-bond donors (Lipinski definition) is 1. The highest BCUT2D eigenvalue weighted by Crippen LogP contribution is 2.50. The zero-order chi connectivity index (χ0) is 6.43. The first-order chi connectivity index (χ1) is 4.30. The van der Waals surface area contributed by atoms with Crippen LogP contribution in [0, 0.1) is 17.8 Å². The second kappa shape index (κ2) is 1.72. The Bertz CT molecular complexity index is 108. The lowest BCUT2D eigenvalue weighted by Crippen LogP contribution is -2.46. The van der Waals surface area contributed by atoms with Gasteiger partial charge in [0, 0.05) is 0 Å². The summed E-state index contributed by atoms with van der Waals surface area (Å²) >= 11 is 0. The van der Waals surface area contributed by atoms with E-state index in [1.807, 2.05) is 0 Å². The molecule has 0 heterocycles. The molecule has 0 aromatic carbocycles. The van der Waals surface area contributed by atoms with Gasteiger partial charge in [-0.25, -0.2) is 0 Å². The van der Waals surface area contributed by atoms with Crippen molar-refractivity contribution in [3.8, 4) is 0 Å². The fraction of sp³-hybridized carbons (Fsp3) is 1.00. The minimum absolute atomic E-state index is 0.0532. The monoisotopic (exact) mass is 126 g/mol. The van der Waals surface area contributed by atoms with E-state index in [4.69, 9.17) is 0 Å². The average molecular weight is 126 g/mol. The SMILES string of the molecule is CC1C(O)C2CCCC12. The molecule has 2 saturated carbocycles. The first-order valence-corrected chi connectivity index (χ1v) is 3.99. The fourth-order valence-corrected chi connectivity index (χ4v) is 2.59. The highest BCUT2D eigenvalue weighted by Gasteiger charge is 2.48. The molecule has 0 aliphatic heterocycles. The molecule has 0 spiro atoms. The summed E-state index contributed by atoms with van der Waals surface area (Å²) in [5.74, 6) is 2.19. The summed E-state index contributed by atoms with van der Waals surface area (Å²) in [6.45, 7) is 2.18. The summed E-state index contributed by atoms with van der Waals surface area (Å²) in [6, 6.07) is 0. The minimum atomic E-state index is 0.0532. The third-order valence-electron chi connectivity index (χ3n) is 3.28. The maximum absolute atomic E-state index is 9.39. The summed E-state index contributed by atoms with van der Waals surface area (Å²) in [4.78, 5) is 0. The van der Waals surface area contributed by atoms with Crippen LogP contribution in [0.25, 0.3) is 0 Å². The van der Waals surface area contributed by atoms with Gasteiger partial charge in [0.1, 0.15) is 0 Å².